The molecule has 0 aliphatic carbocycles. The lowest BCUT2D eigenvalue weighted by Crippen LogP contribution is -2.36. The summed E-state index contributed by atoms with van der Waals surface area (Å²) in [6.45, 7) is 7.48. The number of carbonyl (C=O) groups is 1. The van der Waals surface area contributed by atoms with Crippen LogP contribution in [0.5, 0.6) is 0 Å². The standard InChI is InChI=1S/C16H24N2O2/c1-3-4-5-16(19)17-15-12-14(7-6-13(15)2)18-8-10-20-11-9-18/h6-7,12H,3-5,8-11H2,1-2H3,(H,17,19). The Morgan fingerprint density at radius 2 is 2.10 bits per heavy atom. The summed E-state index contributed by atoms with van der Waals surface area (Å²) in [6.07, 6.45) is 2.58. The molecular weight excluding hydrogens is 252 g/mol. The molecule has 1 aliphatic rings. The van der Waals surface area contributed by atoms with Crippen LogP contribution in [0.2, 0.25) is 0 Å². The van der Waals surface area contributed by atoms with E-state index in [-0.39, 0.29) is 5.91 Å². The molecule has 0 spiro atoms. The molecule has 0 aromatic heterocycles. The van der Waals surface area contributed by atoms with Crippen molar-refractivity contribution >= 4 is 17.3 Å². The summed E-state index contributed by atoms with van der Waals surface area (Å²) in [7, 11) is 0. The summed E-state index contributed by atoms with van der Waals surface area (Å²) in [6, 6.07) is 6.26. The van der Waals surface area contributed by atoms with Gasteiger partial charge in [-0.25, -0.2) is 0 Å². The van der Waals surface area contributed by atoms with Crippen LogP contribution >= 0.6 is 0 Å². The SMILES string of the molecule is CCCCC(=O)Nc1cc(N2CCOCC2)ccc1C. The summed E-state index contributed by atoms with van der Waals surface area (Å²) < 4.78 is 5.37. The second kappa shape index (κ2) is 7.29. The number of ether oxygens (including phenoxy) is 1. The van der Waals surface area contributed by atoms with E-state index in [4.69, 9.17) is 4.74 Å². The predicted octanol–water partition coefficient (Wildman–Crippen LogP) is 2.96. The highest BCUT2D eigenvalue weighted by atomic mass is 16.5. The summed E-state index contributed by atoms with van der Waals surface area (Å²) in [5, 5.41) is 3.03. The lowest BCUT2D eigenvalue weighted by Gasteiger charge is -2.29. The highest BCUT2D eigenvalue weighted by Crippen LogP contribution is 2.24. The average molecular weight is 276 g/mol. The Morgan fingerprint density at radius 3 is 2.80 bits per heavy atom. The minimum absolute atomic E-state index is 0.106. The van der Waals surface area contributed by atoms with E-state index in [2.05, 4.69) is 35.3 Å². The van der Waals surface area contributed by atoms with Gasteiger partial charge in [0.15, 0.2) is 0 Å². The van der Waals surface area contributed by atoms with Crippen molar-refractivity contribution < 1.29 is 9.53 Å². The third-order valence-corrected chi connectivity index (χ3v) is 3.63. The van der Waals surface area contributed by atoms with Crippen LogP contribution in [0.4, 0.5) is 11.4 Å². The maximum Gasteiger partial charge on any atom is 0.224 e. The van der Waals surface area contributed by atoms with Crippen LogP contribution in [-0.2, 0) is 9.53 Å². The minimum Gasteiger partial charge on any atom is -0.378 e. The first-order chi connectivity index (χ1) is 9.70. The number of amides is 1. The Morgan fingerprint density at radius 1 is 1.35 bits per heavy atom. The number of anilines is 2. The number of unbranched alkanes of at least 4 members (excludes halogenated alkanes) is 1. The van der Waals surface area contributed by atoms with Crippen LogP contribution in [0.3, 0.4) is 0 Å². The summed E-state index contributed by atoms with van der Waals surface area (Å²) in [5.41, 5.74) is 3.19. The molecule has 4 nitrogen and oxygen atoms in total. The molecule has 1 aromatic rings. The number of hydrogen-bond donors (Lipinski definition) is 1. The van der Waals surface area contributed by atoms with Crippen LogP contribution in [0, 0.1) is 6.92 Å². The van der Waals surface area contributed by atoms with Gasteiger partial charge in [0.05, 0.1) is 13.2 Å². The fourth-order valence-electron chi connectivity index (χ4n) is 2.31. The molecule has 1 aliphatic heterocycles. The zero-order valence-corrected chi connectivity index (χ0v) is 12.4. The van der Waals surface area contributed by atoms with Crippen molar-refractivity contribution in [3.05, 3.63) is 23.8 Å². The summed E-state index contributed by atoms with van der Waals surface area (Å²) in [5.74, 6) is 0.106. The molecule has 2 rings (SSSR count). The molecule has 1 fully saturated rings. The molecular formula is C16H24N2O2. The van der Waals surface area contributed by atoms with E-state index >= 15 is 0 Å². The van der Waals surface area contributed by atoms with Gasteiger partial charge in [-0.15, -0.1) is 0 Å². The lowest BCUT2D eigenvalue weighted by molar-refractivity contribution is -0.116. The number of hydrogen-bond acceptors (Lipinski definition) is 3. The lowest BCUT2D eigenvalue weighted by atomic mass is 10.1. The normalized spacial score (nSPS) is 15.2. The third kappa shape index (κ3) is 3.97. The van der Waals surface area contributed by atoms with Gasteiger partial charge in [0.1, 0.15) is 0 Å². The van der Waals surface area contributed by atoms with E-state index in [0.29, 0.717) is 6.42 Å². The minimum atomic E-state index is 0.106. The molecule has 1 amide bonds. The van der Waals surface area contributed by atoms with Crippen LogP contribution in [0.1, 0.15) is 31.7 Å². The van der Waals surface area contributed by atoms with Crippen LogP contribution in [0.15, 0.2) is 18.2 Å². The first kappa shape index (κ1) is 14.9. The van der Waals surface area contributed by atoms with Gasteiger partial charge in [-0.3, -0.25) is 4.79 Å². The molecule has 0 bridgehead atoms. The number of rotatable bonds is 5. The summed E-state index contributed by atoms with van der Waals surface area (Å²) in [4.78, 5) is 14.2. The number of aryl methyl sites for hydroxylation is 1. The molecule has 1 heterocycles. The Hall–Kier alpha value is -1.55. The highest BCUT2D eigenvalue weighted by molar-refractivity contribution is 5.92. The Labute approximate surface area is 121 Å². The monoisotopic (exact) mass is 276 g/mol. The fraction of sp³-hybridized carbons (Fsp3) is 0.562. The van der Waals surface area contributed by atoms with Crippen molar-refractivity contribution in [1.82, 2.24) is 0 Å². The van der Waals surface area contributed by atoms with E-state index in [0.717, 1.165) is 56.1 Å². The van der Waals surface area contributed by atoms with Gasteiger partial charge < -0.3 is 15.0 Å². The summed E-state index contributed by atoms with van der Waals surface area (Å²) >= 11 is 0. The largest absolute Gasteiger partial charge is 0.378 e. The molecule has 1 saturated heterocycles. The zero-order chi connectivity index (χ0) is 14.4. The average Bonchev–Trinajstić information content (AvgIpc) is 2.48. The van der Waals surface area contributed by atoms with E-state index in [1.807, 2.05) is 6.92 Å². The third-order valence-electron chi connectivity index (χ3n) is 3.63. The van der Waals surface area contributed by atoms with Gasteiger partial charge in [-0.2, -0.15) is 0 Å². The second-order valence-electron chi connectivity index (χ2n) is 5.25. The van der Waals surface area contributed by atoms with Gasteiger partial charge >= 0.3 is 0 Å². The molecule has 0 radical (unpaired) electrons. The maximum absolute atomic E-state index is 11.9. The van der Waals surface area contributed by atoms with Crippen molar-refractivity contribution in [3.63, 3.8) is 0 Å². The molecule has 0 unspecified atom stereocenters. The van der Waals surface area contributed by atoms with E-state index < -0.39 is 0 Å². The van der Waals surface area contributed by atoms with E-state index in [1.165, 1.54) is 0 Å². The Kier molecular flexibility index (Phi) is 5.41. The molecule has 4 heteroatoms. The highest BCUT2D eigenvalue weighted by Gasteiger charge is 2.13. The van der Waals surface area contributed by atoms with Gasteiger partial charge in [0.25, 0.3) is 0 Å². The van der Waals surface area contributed by atoms with E-state index in [1.54, 1.807) is 0 Å². The molecule has 110 valence electrons. The van der Waals surface area contributed by atoms with Gasteiger partial charge in [-0.1, -0.05) is 19.4 Å². The van der Waals surface area contributed by atoms with Gasteiger partial charge in [-0.05, 0) is 31.0 Å². The van der Waals surface area contributed by atoms with Crippen molar-refractivity contribution in [2.45, 2.75) is 33.1 Å². The van der Waals surface area contributed by atoms with Crippen LogP contribution < -0.4 is 10.2 Å². The van der Waals surface area contributed by atoms with Crippen LogP contribution in [0.25, 0.3) is 0 Å². The van der Waals surface area contributed by atoms with Crippen molar-refractivity contribution in [3.8, 4) is 0 Å². The van der Waals surface area contributed by atoms with Gasteiger partial charge in [0, 0.05) is 30.9 Å². The molecule has 1 N–H and O–H groups in total. The quantitative estimate of drug-likeness (QED) is 0.899. The first-order valence-electron chi connectivity index (χ1n) is 7.44. The smallest absolute Gasteiger partial charge is 0.224 e. The number of carbonyl (C=O) groups excluding carboxylic acids is 1. The number of benzene rings is 1. The molecule has 0 atom stereocenters. The maximum atomic E-state index is 11.9. The molecule has 20 heavy (non-hydrogen) atoms. The van der Waals surface area contributed by atoms with Gasteiger partial charge in [0.2, 0.25) is 5.91 Å². The topological polar surface area (TPSA) is 41.6 Å². The van der Waals surface area contributed by atoms with Crippen molar-refractivity contribution in [2.24, 2.45) is 0 Å². The molecule has 1 aromatic carbocycles. The second-order valence-corrected chi connectivity index (χ2v) is 5.25. The zero-order valence-electron chi connectivity index (χ0n) is 12.4. The molecule has 0 saturated carbocycles. The Balaban J connectivity index is 2.05. The number of morpholine rings is 1. The fourth-order valence-corrected chi connectivity index (χ4v) is 2.31. The Bertz CT molecular complexity index is 454. The van der Waals surface area contributed by atoms with E-state index in [9.17, 15) is 4.79 Å². The number of nitrogens with one attached hydrogen (secondary N) is 1. The van der Waals surface area contributed by atoms with Crippen molar-refractivity contribution in [1.29, 1.82) is 0 Å². The van der Waals surface area contributed by atoms with Crippen LogP contribution in [-0.4, -0.2) is 32.2 Å². The van der Waals surface area contributed by atoms with Crippen molar-refractivity contribution in [2.75, 3.05) is 36.5 Å². The first-order valence-corrected chi connectivity index (χ1v) is 7.44. The number of nitrogens with zero attached hydrogens (tertiary/aromatic N) is 1. The predicted molar refractivity (Wildman–Crippen MR) is 82.4 cm³/mol.